The lowest BCUT2D eigenvalue weighted by molar-refractivity contribution is 0.0396. The van der Waals surface area contributed by atoms with E-state index < -0.39 is 0 Å². The fourth-order valence-electron chi connectivity index (χ4n) is 2.83. The Labute approximate surface area is 133 Å². The van der Waals surface area contributed by atoms with Gasteiger partial charge in [0.25, 0.3) is 0 Å². The van der Waals surface area contributed by atoms with E-state index in [4.69, 9.17) is 4.74 Å². The maximum absolute atomic E-state index is 5.97. The Bertz CT molecular complexity index is 784. The molecule has 1 aliphatic heterocycles. The van der Waals surface area contributed by atoms with Crippen LogP contribution in [0.1, 0.15) is 17.2 Å². The number of nitrogens with zero attached hydrogens (tertiary/aromatic N) is 3. The van der Waals surface area contributed by atoms with Crippen molar-refractivity contribution in [2.24, 2.45) is 0 Å². The summed E-state index contributed by atoms with van der Waals surface area (Å²) in [4.78, 5) is 11.2. The van der Waals surface area contributed by atoms with Gasteiger partial charge in [0, 0.05) is 13.1 Å². The molecule has 0 radical (unpaired) electrons. The summed E-state index contributed by atoms with van der Waals surface area (Å²) in [5.74, 6) is 1.03. The van der Waals surface area contributed by atoms with Crippen molar-refractivity contribution in [2.75, 3.05) is 24.6 Å². The van der Waals surface area contributed by atoms with Gasteiger partial charge >= 0.3 is 0 Å². The Morgan fingerprint density at radius 2 is 2.05 bits per heavy atom. The third-order valence-corrected chi connectivity index (χ3v) is 4.94. The van der Waals surface area contributed by atoms with E-state index in [-0.39, 0.29) is 6.10 Å². The molecule has 0 spiro atoms. The molecule has 0 aliphatic carbocycles. The average Bonchev–Trinajstić information content (AvgIpc) is 3.04. The molecule has 3 aromatic rings. The minimum Gasteiger partial charge on any atom is -0.370 e. The van der Waals surface area contributed by atoms with Crippen molar-refractivity contribution in [1.29, 1.82) is 0 Å². The molecule has 112 valence electrons. The first kappa shape index (κ1) is 13.7. The molecule has 1 aliphatic rings. The molecule has 22 heavy (non-hydrogen) atoms. The highest BCUT2D eigenvalue weighted by Crippen LogP contribution is 2.31. The Morgan fingerprint density at radius 3 is 2.91 bits per heavy atom. The van der Waals surface area contributed by atoms with Crippen molar-refractivity contribution in [2.45, 2.75) is 13.0 Å². The number of ether oxygens (including phenoxy) is 1. The van der Waals surface area contributed by atoms with E-state index in [1.165, 1.54) is 11.1 Å². The van der Waals surface area contributed by atoms with Gasteiger partial charge in [-0.05, 0) is 23.9 Å². The minimum absolute atomic E-state index is 0.0966. The highest BCUT2D eigenvalue weighted by atomic mass is 32.1. The lowest BCUT2D eigenvalue weighted by Crippen LogP contribution is -2.38. The molecule has 2 aromatic heterocycles. The molecule has 5 heteroatoms. The van der Waals surface area contributed by atoms with Gasteiger partial charge in [0.05, 0.1) is 16.8 Å². The summed E-state index contributed by atoms with van der Waals surface area (Å²) in [6.45, 7) is 4.51. The summed E-state index contributed by atoms with van der Waals surface area (Å²) in [6, 6.07) is 10.6. The van der Waals surface area contributed by atoms with Crippen LogP contribution in [0.25, 0.3) is 10.2 Å². The zero-order valence-corrected chi connectivity index (χ0v) is 13.2. The number of thiophene rings is 1. The molecule has 0 saturated carbocycles. The lowest BCUT2D eigenvalue weighted by Gasteiger charge is -2.34. The molecule has 1 unspecified atom stereocenters. The molecule has 1 atom stereocenters. The summed E-state index contributed by atoms with van der Waals surface area (Å²) in [5, 5.41) is 2.07. The van der Waals surface area contributed by atoms with Gasteiger partial charge in [-0.25, -0.2) is 9.97 Å². The SMILES string of the molecule is Cc1ccc(C2CN(c3ncnc4ccsc34)CCO2)cc1. The van der Waals surface area contributed by atoms with Crippen LogP contribution in [0.3, 0.4) is 0 Å². The zero-order chi connectivity index (χ0) is 14.9. The van der Waals surface area contributed by atoms with E-state index in [1.807, 2.05) is 6.07 Å². The largest absolute Gasteiger partial charge is 0.370 e. The summed E-state index contributed by atoms with van der Waals surface area (Å²) >= 11 is 1.70. The number of aromatic nitrogens is 2. The van der Waals surface area contributed by atoms with Gasteiger partial charge in [-0.15, -0.1) is 11.3 Å². The quantitative estimate of drug-likeness (QED) is 0.725. The van der Waals surface area contributed by atoms with Gasteiger partial charge in [-0.1, -0.05) is 29.8 Å². The lowest BCUT2D eigenvalue weighted by atomic mass is 10.1. The van der Waals surface area contributed by atoms with Crippen molar-refractivity contribution in [3.63, 3.8) is 0 Å². The van der Waals surface area contributed by atoms with Crippen molar-refractivity contribution < 1.29 is 4.74 Å². The summed E-state index contributed by atoms with van der Waals surface area (Å²) in [6.07, 6.45) is 1.75. The second kappa shape index (κ2) is 5.66. The smallest absolute Gasteiger partial charge is 0.150 e. The van der Waals surface area contributed by atoms with Crippen LogP contribution in [-0.4, -0.2) is 29.7 Å². The van der Waals surface area contributed by atoms with Crippen molar-refractivity contribution in [1.82, 2.24) is 9.97 Å². The molecule has 4 nitrogen and oxygen atoms in total. The molecule has 0 bridgehead atoms. The fraction of sp³-hybridized carbons (Fsp3) is 0.294. The molecule has 3 heterocycles. The molecule has 0 N–H and O–H groups in total. The van der Waals surface area contributed by atoms with Crippen LogP contribution in [0, 0.1) is 6.92 Å². The van der Waals surface area contributed by atoms with E-state index in [1.54, 1.807) is 17.7 Å². The first-order valence-electron chi connectivity index (χ1n) is 7.42. The first-order chi connectivity index (χ1) is 10.8. The van der Waals surface area contributed by atoms with Gasteiger partial charge in [-0.3, -0.25) is 0 Å². The average molecular weight is 311 g/mol. The Balaban J connectivity index is 1.63. The van der Waals surface area contributed by atoms with Crippen LogP contribution in [-0.2, 0) is 4.74 Å². The van der Waals surface area contributed by atoms with E-state index in [0.717, 1.165) is 35.7 Å². The van der Waals surface area contributed by atoms with Crippen LogP contribution in [0.15, 0.2) is 42.0 Å². The number of anilines is 1. The van der Waals surface area contributed by atoms with E-state index in [0.29, 0.717) is 0 Å². The fourth-order valence-corrected chi connectivity index (χ4v) is 3.69. The predicted molar refractivity (Wildman–Crippen MR) is 89.5 cm³/mol. The van der Waals surface area contributed by atoms with Gasteiger partial charge < -0.3 is 9.64 Å². The van der Waals surface area contributed by atoms with E-state index in [2.05, 4.69) is 51.4 Å². The summed E-state index contributed by atoms with van der Waals surface area (Å²) in [7, 11) is 0. The molecule has 1 saturated heterocycles. The number of benzene rings is 1. The number of hydrogen-bond acceptors (Lipinski definition) is 5. The predicted octanol–water partition coefficient (Wildman–Crippen LogP) is 3.58. The number of hydrogen-bond donors (Lipinski definition) is 0. The molecule has 0 amide bonds. The van der Waals surface area contributed by atoms with Crippen LogP contribution in [0.4, 0.5) is 5.82 Å². The van der Waals surface area contributed by atoms with Crippen LogP contribution in [0.2, 0.25) is 0 Å². The number of rotatable bonds is 2. The topological polar surface area (TPSA) is 38.2 Å². The highest BCUT2D eigenvalue weighted by molar-refractivity contribution is 7.17. The monoisotopic (exact) mass is 311 g/mol. The number of fused-ring (bicyclic) bond motifs is 1. The van der Waals surface area contributed by atoms with Crippen molar-refractivity contribution in [3.8, 4) is 0 Å². The van der Waals surface area contributed by atoms with E-state index in [9.17, 15) is 0 Å². The second-order valence-electron chi connectivity index (χ2n) is 5.55. The maximum Gasteiger partial charge on any atom is 0.150 e. The van der Waals surface area contributed by atoms with Crippen LogP contribution >= 0.6 is 11.3 Å². The van der Waals surface area contributed by atoms with Gasteiger partial charge in [0.15, 0.2) is 0 Å². The Kier molecular flexibility index (Phi) is 3.52. The summed E-state index contributed by atoms with van der Waals surface area (Å²) in [5.41, 5.74) is 3.52. The van der Waals surface area contributed by atoms with Crippen LogP contribution < -0.4 is 4.90 Å². The molecule has 1 fully saturated rings. The Hall–Kier alpha value is -1.98. The zero-order valence-electron chi connectivity index (χ0n) is 12.4. The number of morpholine rings is 1. The normalized spacial score (nSPS) is 18.8. The summed E-state index contributed by atoms with van der Waals surface area (Å²) < 4.78 is 7.13. The molecule has 1 aromatic carbocycles. The van der Waals surface area contributed by atoms with Crippen LogP contribution in [0.5, 0.6) is 0 Å². The van der Waals surface area contributed by atoms with Crippen molar-refractivity contribution in [3.05, 3.63) is 53.2 Å². The van der Waals surface area contributed by atoms with Crippen molar-refractivity contribution >= 4 is 27.4 Å². The molecular weight excluding hydrogens is 294 g/mol. The third kappa shape index (κ3) is 2.46. The first-order valence-corrected chi connectivity index (χ1v) is 8.30. The maximum atomic E-state index is 5.97. The van der Waals surface area contributed by atoms with Gasteiger partial charge in [-0.2, -0.15) is 0 Å². The van der Waals surface area contributed by atoms with E-state index >= 15 is 0 Å². The standard InChI is InChI=1S/C17H17N3OS/c1-12-2-4-13(5-3-12)15-10-20(7-8-21-15)17-16-14(6-9-22-16)18-11-19-17/h2-6,9,11,15H,7-8,10H2,1H3. The second-order valence-corrected chi connectivity index (χ2v) is 6.46. The molecular formula is C17H17N3OS. The molecule has 4 rings (SSSR count). The van der Waals surface area contributed by atoms with Gasteiger partial charge in [0.2, 0.25) is 0 Å². The minimum atomic E-state index is 0.0966. The highest BCUT2D eigenvalue weighted by Gasteiger charge is 2.24. The number of aryl methyl sites for hydroxylation is 1. The van der Waals surface area contributed by atoms with Gasteiger partial charge in [0.1, 0.15) is 18.2 Å². The third-order valence-electron chi connectivity index (χ3n) is 4.04. The Morgan fingerprint density at radius 1 is 1.18 bits per heavy atom.